The Morgan fingerprint density at radius 1 is 0.926 bits per heavy atom. The van der Waals surface area contributed by atoms with Crippen LogP contribution in [0.5, 0.6) is 0 Å². The Morgan fingerprint density at radius 3 is 2.02 bits per heavy atom. The molecule has 1 heterocycles. The van der Waals surface area contributed by atoms with Crippen LogP contribution in [0.25, 0.3) is 0 Å². The Balaban J connectivity index is 1.57. The monoisotopic (exact) mass is 788 g/mol. The van der Waals surface area contributed by atoms with Gasteiger partial charge in [0.15, 0.2) is 0 Å². The average Bonchev–Trinajstić information content (AvgIpc) is 3.36. The van der Waals surface area contributed by atoms with Crippen LogP contribution < -0.4 is 21.0 Å². The van der Waals surface area contributed by atoms with Crippen molar-refractivity contribution in [2.24, 2.45) is 5.41 Å². The molecule has 1 aliphatic rings. The molecule has 0 spiro atoms. The molecular formula is C39H56N2O11SSi. The summed E-state index contributed by atoms with van der Waals surface area (Å²) in [7, 11) is -6.75. The van der Waals surface area contributed by atoms with E-state index in [0.717, 1.165) is 16.4 Å². The number of carbonyl (C=O) groups is 4. The number of benzene rings is 2. The van der Waals surface area contributed by atoms with Crippen molar-refractivity contribution < 1.29 is 50.8 Å². The summed E-state index contributed by atoms with van der Waals surface area (Å²) in [5.41, 5.74) is -3.14. The summed E-state index contributed by atoms with van der Waals surface area (Å²) in [5.74, 6) is -4.13. The lowest BCUT2D eigenvalue weighted by Crippen LogP contribution is -2.66. The second kappa shape index (κ2) is 18.2. The number of esters is 1. The lowest BCUT2D eigenvalue weighted by Gasteiger charge is -2.43. The summed E-state index contributed by atoms with van der Waals surface area (Å²) in [6, 6.07) is 19.9. The zero-order valence-corrected chi connectivity index (χ0v) is 34.4. The Labute approximate surface area is 320 Å². The highest BCUT2D eigenvalue weighted by Crippen LogP contribution is 2.37. The third-order valence-electron chi connectivity index (χ3n) is 8.91. The van der Waals surface area contributed by atoms with Gasteiger partial charge in [-0.05, 0) is 48.0 Å². The normalized spacial score (nSPS) is 18.4. The molecule has 0 saturated carbocycles. The van der Waals surface area contributed by atoms with Crippen LogP contribution in [0.2, 0.25) is 5.04 Å². The van der Waals surface area contributed by atoms with Crippen molar-refractivity contribution in [3.05, 3.63) is 72.8 Å². The molecule has 0 aromatic heterocycles. The van der Waals surface area contributed by atoms with Crippen LogP contribution in [0, 0.1) is 5.41 Å². The summed E-state index contributed by atoms with van der Waals surface area (Å²) < 4.78 is 49.1. The van der Waals surface area contributed by atoms with Gasteiger partial charge in [0, 0.05) is 25.2 Å². The Kier molecular flexibility index (Phi) is 15.0. The molecule has 13 nitrogen and oxygen atoms in total. The van der Waals surface area contributed by atoms with E-state index in [1.165, 1.54) is 0 Å². The van der Waals surface area contributed by atoms with Crippen LogP contribution in [-0.2, 0) is 47.4 Å². The predicted octanol–water partition coefficient (Wildman–Crippen LogP) is 3.46. The first kappa shape index (κ1) is 44.5. The molecule has 1 fully saturated rings. The van der Waals surface area contributed by atoms with Crippen LogP contribution in [0.15, 0.2) is 72.8 Å². The van der Waals surface area contributed by atoms with Crippen molar-refractivity contribution in [1.82, 2.24) is 10.6 Å². The molecular weight excluding hydrogens is 733 g/mol. The standard InChI is InChI=1S/C39H56N2O11SSi/c1-36(2,3)52-34(45)26-39(41-32(42)19-20-33(43)44)25-29(40-35(39)46)27-49-23-24-53(47,48)50-28-38(7,8)21-22-51-54(37(4,5)6,30-15-11-9-12-16-30)31-17-13-10-14-18-31/h9-20,29H,21-28H2,1-8H3,(H,40,46)(H,41,42)(H,43,44)/t29-,39+/m0/s1. The number of hydrogen-bond donors (Lipinski definition) is 3. The zero-order valence-electron chi connectivity index (χ0n) is 32.6. The van der Waals surface area contributed by atoms with Gasteiger partial charge in [-0.25, -0.2) is 4.79 Å². The predicted molar refractivity (Wildman–Crippen MR) is 207 cm³/mol. The first-order chi connectivity index (χ1) is 25.0. The highest BCUT2D eigenvalue weighted by atomic mass is 32.2. The molecule has 2 amide bonds. The van der Waals surface area contributed by atoms with Crippen molar-refractivity contribution in [2.75, 3.05) is 32.2 Å². The SMILES string of the molecule is CC(C)(CCO[Si](c1ccccc1)(c1ccccc1)C(C)(C)C)COS(=O)(=O)CCOC[C@@H]1C[C@](CC(=O)OC(C)(C)C)(NC(=O)C=CC(=O)O)C(=O)N1. The molecule has 3 N–H and O–H groups in total. The van der Waals surface area contributed by atoms with E-state index < -0.39 is 77.0 Å². The lowest BCUT2D eigenvalue weighted by atomic mass is 9.90. The number of nitrogens with one attached hydrogen (secondary N) is 2. The van der Waals surface area contributed by atoms with Gasteiger partial charge in [0.2, 0.25) is 11.8 Å². The van der Waals surface area contributed by atoms with E-state index in [1.807, 2.05) is 50.2 Å². The first-order valence-corrected chi connectivity index (χ1v) is 21.4. The van der Waals surface area contributed by atoms with Crippen molar-refractivity contribution in [1.29, 1.82) is 0 Å². The van der Waals surface area contributed by atoms with Crippen molar-refractivity contribution >= 4 is 52.6 Å². The largest absolute Gasteiger partial charge is 0.478 e. The number of ether oxygens (including phenoxy) is 2. The number of amides is 2. The van der Waals surface area contributed by atoms with Gasteiger partial charge in [0.1, 0.15) is 11.1 Å². The molecule has 2 aromatic carbocycles. The molecule has 3 rings (SSSR count). The van der Waals surface area contributed by atoms with Gasteiger partial charge in [-0.1, -0.05) is 95.3 Å². The molecule has 0 bridgehead atoms. The molecule has 2 atom stereocenters. The number of hydrogen-bond acceptors (Lipinski definition) is 10. The number of carboxylic acid groups (broad SMARTS) is 1. The van der Waals surface area contributed by atoms with E-state index in [4.69, 9.17) is 23.2 Å². The van der Waals surface area contributed by atoms with Gasteiger partial charge < -0.3 is 29.6 Å². The number of aliphatic carboxylic acids is 1. The van der Waals surface area contributed by atoms with E-state index in [2.05, 4.69) is 55.7 Å². The summed E-state index contributed by atoms with van der Waals surface area (Å²) in [6.07, 6.45) is 1.29. The molecule has 0 unspecified atom stereocenters. The van der Waals surface area contributed by atoms with Gasteiger partial charge in [-0.15, -0.1) is 0 Å². The number of carbonyl (C=O) groups excluding carboxylic acids is 3. The van der Waals surface area contributed by atoms with Crippen LogP contribution in [0.1, 0.15) is 74.7 Å². The first-order valence-electron chi connectivity index (χ1n) is 18.0. The Morgan fingerprint density at radius 2 is 1.50 bits per heavy atom. The lowest BCUT2D eigenvalue weighted by molar-refractivity contribution is -0.158. The molecule has 1 aliphatic heterocycles. The topological polar surface area (TPSA) is 184 Å². The van der Waals surface area contributed by atoms with Crippen LogP contribution in [-0.4, -0.2) is 95.0 Å². The van der Waals surface area contributed by atoms with Gasteiger partial charge >= 0.3 is 11.9 Å². The maximum Gasteiger partial charge on any atom is 0.328 e. The Bertz CT molecular complexity index is 1700. The third-order valence-corrected chi connectivity index (χ3v) is 15.1. The minimum Gasteiger partial charge on any atom is -0.478 e. The van der Waals surface area contributed by atoms with Crippen molar-refractivity contribution in [2.45, 2.75) is 96.9 Å². The quantitative estimate of drug-likeness (QED) is 0.0623. The highest BCUT2D eigenvalue weighted by molar-refractivity contribution is 7.86. The summed E-state index contributed by atoms with van der Waals surface area (Å²) in [5, 5.41) is 16.1. The highest BCUT2D eigenvalue weighted by Gasteiger charge is 2.51. The summed E-state index contributed by atoms with van der Waals surface area (Å²) in [6.45, 7) is 15.4. The molecule has 298 valence electrons. The van der Waals surface area contributed by atoms with E-state index >= 15 is 0 Å². The Hall–Kier alpha value is -3.89. The molecule has 0 radical (unpaired) electrons. The minimum absolute atomic E-state index is 0.0681. The van der Waals surface area contributed by atoms with Gasteiger partial charge in [-0.2, -0.15) is 8.42 Å². The molecule has 2 aromatic rings. The molecule has 0 aliphatic carbocycles. The average molecular weight is 789 g/mol. The molecule has 54 heavy (non-hydrogen) atoms. The molecule has 15 heteroatoms. The van der Waals surface area contributed by atoms with Crippen LogP contribution in [0.3, 0.4) is 0 Å². The van der Waals surface area contributed by atoms with Crippen LogP contribution in [0.4, 0.5) is 0 Å². The maximum atomic E-state index is 13.1. The van der Waals surface area contributed by atoms with E-state index in [-0.39, 0.29) is 31.3 Å². The minimum atomic E-state index is -3.99. The smallest absolute Gasteiger partial charge is 0.328 e. The van der Waals surface area contributed by atoms with E-state index in [9.17, 15) is 27.6 Å². The fourth-order valence-electron chi connectivity index (χ4n) is 6.35. The second-order valence-electron chi connectivity index (χ2n) is 16.4. The maximum absolute atomic E-state index is 13.1. The summed E-state index contributed by atoms with van der Waals surface area (Å²) in [4.78, 5) is 49.2. The molecule has 1 saturated heterocycles. The van der Waals surface area contributed by atoms with Crippen LogP contribution >= 0.6 is 0 Å². The van der Waals surface area contributed by atoms with Gasteiger partial charge in [0.05, 0.1) is 38.0 Å². The second-order valence-corrected chi connectivity index (χ2v) is 22.5. The number of rotatable bonds is 19. The van der Waals surface area contributed by atoms with Gasteiger partial charge in [0.25, 0.3) is 18.4 Å². The van der Waals surface area contributed by atoms with E-state index in [0.29, 0.717) is 19.1 Å². The van der Waals surface area contributed by atoms with Crippen molar-refractivity contribution in [3.63, 3.8) is 0 Å². The summed E-state index contributed by atoms with van der Waals surface area (Å²) >= 11 is 0. The van der Waals surface area contributed by atoms with Gasteiger partial charge in [-0.3, -0.25) is 18.6 Å². The zero-order chi connectivity index (χ0) is 40.4. The number of carboxylic acids is 1. The fourth-order valence-corrected chi connectivity index (χ4v) is 11.9. The third kappa shape index (κ3) is 12.9. The fraction of sp³-hybridized carbons (Fsp3) is 0.538. The van der Waals surface area contributed by atoms with Crippen molar-refractivity contribution in [3.8, 4) is 0 Å². The van der Waals surface area contributed by atoms with E-state index in [1.54, 1.807) is 20.8 Å².